The Bertz CT molecular complexity index is 459. The minimum atomic E-state index is -0.237. The third-order valence-corrected chi connectivity index (χ3v) is 3.89. The summed E-state index contributed by atoms with van der Waals surface area (Å²) in [6, 6.07) is 9.20. The molecule has 20 heavy (non-hydrogen) atoms. The summed E-state index contributed by atoms with van der Waals surface area (Å²) in [4.78, 5) is 25.5. The molecule has 1 fully saturated rings. The van der Waals surface area contributed by atoms with E-state index in [4.69, 9.17) is 5.73 Å². The summed E-state index contributed by atoms with van der Waals surface area (Å²) in [6.45, 7) is 1.68. The second-order valence-corrected chi connectivity index (χ2v) is 5.34. The van der Waals surface area contributed by atoms with Crippen molar-refractivity contribution < 1.29 is 9.59 Å². The van der Waals surface area contributed by atoms with Crippen molar-refractivity contribution >= 4 is 11.7 Å². The number of amides is 1. The zero-order valence-electron chi connectivity index (χ0n) is 11.8. The van der Waals surface area contributed by atoms with E-state index in [1.165, 1.54) is 0 Å². The number of likely N-dealkylation sites (tertiary alicyclic amines) is 1. The lowest BCUT2D eigenvalue weighted by Gasteiger charge is -2.33. The third kappa shape index (κ3) is 3.90. The Morgan fingerprint density at radius 1 is 1.20 bits per heavy atom. The predicted octanol–water partition coefficient (Wildman–Crippen LogP) is 1.99. The van der Waals surface area contributed by atoms with E-state index < -0.39 is 0 Å². The Kier molecular flexibility index (Phi) is 5.30. The number of carbonyl (C=O) groups is 2. The molecular weight excluding hydrogens is 252 g/mol. The van der Waals surface area contributed by atoms with Gasteiger partial charge in [0.2, 0.25) is 5.91 Å². The summed E-state index contributed by atoms with van der Waals surface area (Å²) in [5, 5.41) is 0. The SMILES string of the molecule is NC(=O)C1CCCCN1CCCC(=O)c1ccccc1. The molecule has 1 atom stereocenters. The van der Waals surface area contributed by atoms with E-state index in [1.54, 1.807) is 0 Å². The van der Waals surface area contributed by atoms with Gasteiger partial charge in [0.25, 0.3) is 0 Å². The molecule has 4 nitrogen and oxygen atoms in total. The average molecular weight is 274 g/mol. The fourth-order valence-corrected chi connectivity index (χ4v) is 2.79. The quantitative estimate of drug-likeness (QED) is 0.807. The van der Waals surface area contributed by atoms with Gasteiger partial charge in [0.05, 0.1) is 6.04 Å². The molecule has 4 heteroatoms. The molecule has 1 aliphatic rings. The molecule has 0 aromatic heterocycles. The number of hydrogen-bond acceptors (Lipinski definition) is 3. The van der Waals surface area contributed by atoms with Crippen LogP contribution in [0.5, 0.6) is 0 Å². The molecule has 1 heterocycles. The molecule has 1 aromatic rings. The first-order valence-corrected chi connectivity index (χ1v) is 7.30. The Morgan fingerprint density at radius 3 is 2.65 bits per heavy atom. The van der Waals surface area contributed by atoms with Crippen molar-refractivity contribution in [2.24, 2.45) is 5.73 Å². The molecular formula is C16H22N2O2. The van der Waals surface area contributed by atoms with Gasteiger partial charge in [0, 0.05) is 12.0 Å². The van der Waals surface area contributed by atoms with Crippen molar-refractivity contribution in [1.29, 1.82) is 0 Å². The zero-order valence-corrected chi connectivity index (χ0v) is 11.8. The summed E-state index contributed by atoms with van der Waals surface area (Å²) in [6.07, 6.45) is 4.31. The van der Waals surface area contributed by atoms with Gasteiger partial charge in [0.15, 0.2) is 5.78 Å². The van der Waals surface area contributed by atoms with Crippen molar-refractivity contribution in [3.63, 3.8) is 0 Å². The standard InChI is InChI=1S/C16H22N2O2/c17-16(20)14-9-4-5-11-18(14)12-6-10-15(19)13-7-2-1-3-8-13/h1-3,7-8,14H,4-6,9-12H2,(H2,17,20). The van der Waals surface area contributed by atoms with Gasteiger partial charge in [-0.1, -0.05) is 36.8 Å². The second kappa shape index (κ2) is 7.20. The van der Waals surface area contributed by atoms with Gasteiger partial charge >= 0.3 is 0 Å². The molecule has 0 radical (unpaired) electrons. The number of piperidine rings is 1. The van der Waals surface area contributed by atoms with Crippen LogP contribution in [0.2, 0.25) is 0 Å². The number of carbonyl (C=O) groups excluding carboxylic acids is 2. The van der Waals surface area contributed by atoms with E-state index in [-0.39, 0.29) is 17.7 Å². The fourth-order valence-electron chi connectivity index (χ4n) is 2.79. The number of rotatable bonds is 6. The second-order valence-electron chi connectivity index (χ2n) is 5.34. The van der Waals surface area contributed by atoms with E-state index >= 15 is 0 Å². The average Bonchev–Trinajstić information content (AvgIpc) is 2.48. The van der Waals surface area contributed by atoms with Crippen LogP contribution in [-0.2, 0) is 4.79 Å². The highest BCUT2D eigenvalue weighted by molar-refractivity contribution is 5.95. The minimum Gasteiger partial charge on any atom is -0.368 e. The van der Waals surface area contributed by atoms with Gasteiger partial charge in [-0.25, -0.2) is 0 Å². The van der Waals surface area contributed by atoms with Crippen molar-refractivity contribution in [2.45, 2.75) is 38.1 Å². The van der Waals surface area contributed by atoms with Crippen LogP contribution in [-0.4, -0.2) is 35.7 Å². The maximum Gasteiger partial charge on any atom is 0.234 e. The first-order valence-electron chi connectivity index (χ1n) is 7.30. The van der Waals surface area contributed by atoms with Crippen LogP contribution in [0.25, 0.3) is 0 Å². The van der Waals surface area contributed by atoms with E-state index in [0.29, 0.717) is 6.42 Å². The van der Waals surface area contributed by atoms with E-state index in [9.17, 15) is 9.59 Å². The normalized spacial score (nSPS) is 19.7. The highest BCUT2D eigenvalue weighted by atomic mass is 16.1. The number of nitrogens with zero attached hydrogens (tertiary/aromatic N) is 1. The molecule has 0 spiro atoms. The summed E-state index contributed by atoms with van der Waals surface area (Å²) < 4.78 is 0. The molecule has 1 aliphatic heterocycles. The van der Waals surface area contributed by atoms with Gasteiger partial charge in [0.1, 0.15) is 0 Å². The van der Waals surface area contributed by atoms with Crippen molar-refractivity contribution in [3.8, 4) is 0 Å². The number of nitrogens with two attached hydrogens (primary N) is 1. The molecule has 1 unspecified atom stereocenters. The molecule has 1 saturated heterocycles. The maximum atomic E-state index is 12.0. The van der Waals surface area contributed by atoms with Crippen LogP contribution in [0.15, 0.2) is 30.3 Å². The molecule has 2 rings (SSSR count). The number of ketones is 1. The fraction of sp³-hybridized carbons (Fsp3) is 0.500. The van der Waals surface area contributed by atoms with Crippen LogP contribution in [0.3, 0.4) is 0 Å². The smallest absolute Gasteiger partial charge is 0.234 e. The van der Waals surface area contributed by atoms with Crippen LogP contribution >= 0.6 is 0 Å². The Hall–Kier alpha value is -1.68. The monoisotopic (exact) mass is 274 g/mol. The van der Waals surface area contributed by atoms with Crippen LogP contribution in [0.4, 0.5) is 0 Å². The third-order valence-electron chi connectivity index (χ3n) is 3.89. The number of benzene rings is 1. The molecule has 0 aliphatic carbocycles. The van der Waals surface area contributed by atoms with Gasteiger partial charge in [-0.05, 0) is 32.4 Å². The Balaban J connectivity index is 1.80. The van der Waals surface area contributed by atoms with E-state index in [1.807, 2.05) is 30.3 Å². The number of Topliss-reactive ketones (excluding diaryl/α,β-unsaturated/α-hetero) is 1. The maximum absolute atomic E-state index is 12.0. The van der Waals surface area contributed by atoms with Crippen molar-refractivity contribution in [3.05, 3.63) is 35.9 Å². The first kappa shape index (κ1) is 14.7. The highest BCUT2D eigenvalue weighted by Gasteiger charge is 2.26. The van der Waals surface area contributed by atoms with Crippen molar-refractivity contribution in [2.75, 3.05) is 13.1 Å². The molecule has 2 N–H and O–H groups in total. The summed E-state index contributed by atoms with van der Waals surface area (Å²) in [5.41, 5.74) is 6.19. The lowest BCUT2D eigenvalue weighted by atomic mass is 10.0. The molecule has 1 aromatic carbocycles. The Labute approximate surface area is 119 Å². The molecule has 0 bridgehead atoms. The zero-order chi connectivity index (χ0) is 14.4. The Morgan fingerprint density at radius 2 is 1.95 bits per heavy atom. The van der Waals surface area contributed by atoms with Gasteiger partial charge in [-0.2, -0.15) is 0 Å². The highest BCUT2D eigenvalue weighted by Crippen LogP contribution is 2.17. The predicted molar refractivity (Wildman–Crippen MR) is 78.4 cm³/mol. The topological polar surface area (TPSA) is 63.4 Å². The van der Waals surface area contributed by atoms with Gasteiger partial charge in [-0.3, -0.25) is 14.5 Å². The number of primary amides is 1. The van der Waals surface area contributed by atoms with Crippen molar-refractivity contribution in [1.82, 2.24) is 4.90 Å². The minimum absolute atomic E-state index is 0.143. The lowest BCUT2D eigenvalue weighted by molar-refractivity contribution is -0.124. The van der Waals surface area contributed by atoms with Crippen LogP contribution in [0.1, 0.15) is 42.5 Å². The van der Waals surface area contributed by atoms with Gasteiger partial charge in [-0.15, -0.1) is 0 Å². The molecule has 1 amide bonds. The van der Waals surface area contributed by atoms with Crippen LogP contribution < -0.4 is 5.73 Å². The van der Waals surface area contributed by atoms with Crippen LogP contribution in [0, 0.1) is 0 Å². The summed E-state index contributed by atoms with van der Waals surface area (Å²) in [5.74, 6) is -0.0719. The number of hydrogen-bond donors (Lipinski definition) is 1. The van der Waals surface area contributed by atoms with E-state index in [2.05, 4.69) is 4.90 Å². The first-order chi connectivity index (χ1) is 9.68. The largest absolute Gasteiger partial charge is 0.368 e. The summed E-state index contributed by atoms with van der Waals surface area (Å²) in [7, 11) is 0. The summed E-state index contributed by atoms with van der Waals surface area (Å²) >= 11 is 0. The molecule has 0 saturated carbocycles. The lowest BCUT2D eigenvalue weighted by Crippen LogP contribution is -2.47. The van der Waals surface area contributed by atoms with Gasteiger partial charge < -0.3 is 5.73 Å². The molecule has 108 valence electrons. The van der Waals surface area contributed by atoms with E-state index in [0.717, 1.165) is 44.3 Å².